The molecule has 1 unspecified atom stereocenters. The number of ether oxygens (including phenoxy) is 1. The van der Waals surface area contributed by atoms with Crippen LogP contribution in [0, 0.1) is 0 Å². The van der Waals surface area contributed by atoms with Crippen molar-refractivity contribution in [2.24, 2.45) is 0 Å². The highest BCUT2D eigenvalue weighted by Crippen LogP contribution is 2.57. The first kappa shape index (κ1) is 13.7. The van der Waals surface area contributed by atoms with E-state index in [1.807, 2.05) is 0 Å². The normalized spacial score (nSPS) is 40.5. The maximum atomic E-state index is 11.8. The molecule has 20 heavy (non-hydrogen) atoms. The fourth-order valence-electron chi connectivity index (χ4n) is 2.43. The topological polar surface area (TPSA) is 126 Å². The van der Waals surface area contributed by atoms with Crippen LogP contribution in [0.15, 0.2) is 17.1 Å². The lowest BCUT2D eigenvalue weighted by molar-refractivity contribution is -0.102. The summed E-state index contributed by atoms with van der Waals surface area (Å²) >= 11 is 0. The summed E-state index contributed by atoms with van der Waals surface area (Å²) in [6, 6.07) is 1.48. The number of nitrogen functional groups attached to an aromatic ring is 1. The molecule has 3 heterocycles. The molecule has 3 rings (SSSR count). The van der Waals surface area contributed by atoms with Crippen molar-refractivity contribution in [2.45, 2.75) is 31.3 Å². The number of nitrogens with two attached hydrogens (primary N) is 1. The van der Waals surface area contributed by atoms with Gasteiger partial charge in [0.2, 0.25) is 0 Å². The van der Waals surface area contributed by atoms with Crippen molar-refractivity contribution in [3.8, 4) is 0 Å². The van der Waals surface area contributed by atoms with Crippen molar-refractivity contribution in [1.29, 1.82) is 0 Å². The molecule has 4 atom stereocenters. The molecule has 0 saturated carbocycles. The molecule has 0 amide bonds. The number of phosphoric acid groups is 1. The third-order valence-corrected chi connectivity index (χ3v) is 4.58. The van der Waals surface area contributed by atoms with Crippen molar-refractivity contribution in [3.63, 3.8) is 0 Å². The fraction of sp³-hybridized carbons (Fsp3) is 0.600. The molecule has 0 bridgehead atoms. The summed E-state index contributed by atoms with van der Waals surface area (Å²) in [5.74, 6) is 0.118. The van der Waals surface area contributed by atoms with Crippen LogP contribution < -0.4 is 11.4 Å². The SMILES string of the molecule is C[C@]12C[C@H](n3ccc(N)nc3=O)O[C@@H]1COP(=O)(O)O2. The van der Waals surface area contributed by atoms with E-state index in [1.54, 1.807) is 6.92 Å². The predicted octanol–water partition coefficient (Wildman–Crippen LogP) is 0.0189. The fourth-order valence-corrected chi connectivity index (χ4v) is 3.53. The molecule has 2 fully saturated rings. The Morgan fingerprint density at radius 3 is 3.10 bits per heavy atom. The summed E-state index contributed by atoms with van der Waals surface area (Å²) < 4.78 is 28.3. The zero-order chi connectivity index (χ0) is 14.5. The zero-order valence-corrected chi connectivity index (χ0v) is 11.5. The van der Waals surface area contributed by atoms with Gasteiger partial charge in [-0.25, -0.2) is 9.36 Å². The molecule has 0 aromatic carbocycles. The maximum absolute atomic E-state index is 11.8. The minimum Gasteiger partial charge on any atom is -0.383 e. The van der Waals surface area contributed by atoms with E-state index in [4.69, 9.17) is 19.5 Å². The molecule has 0 radical (unpaired) electrons. The molecule has 2 saturated heterocycles. The van der Waals surface area contributed by atoms with Gasteiger partial charge in [0.15, 0.2) is 0 Å². The average Bonchev–Trinajstić information content (AvgIpc) is 2.63. The van der Waals surface area contributed by atoms with Crippen LogP contribution in [0.2, 0.25) is 0 Å². The van der Waals surface area contributed by atoms with Gasteiger partial charge >= 0.3 is 13.5 Å². The molecular formula is C10H14N3O6P. The molecular weight excluding hydrogens is 289 g/mol. The van der Waals surface area contributed by atoms with E-state index in [2.05, 4.69) is 4.98 Å². The molecule has 9 nitrogen and oxygen atoms in total. The second-order valence-corrected chi connectivity index (χ2v) is 6.37. The van der Waals surface area contributed by atoms with Gasteiger partial charge in [-0.05, 0) is 13.0 Å². The summed E-state index contributed by atoms with van der Waals surface area (Å²) in [6.45, 7) is 1.58. The van der Waals surface area contributed by atoms with Crippen LogP contribution in [0.4, 0.5) is 5.82 Å². The maximum Gasteiger partial charge on any atom is 0.472 e. The first-order chi connectivity index (χ1) is 9.29. The highest BCUT2D eigenvalue weighted by atomic mass is 31.2. The number of nitrogens with zero attached hydrogens (tertiary/aromatic N) is 2. The number of fused-ring (bicyclic) bond motifs is 1. The zero-order valence-electron chi connectivity index (χ0n) is 10.6. The molecule has 2 aliphatic heterocycles. The lowest BCUT2D eigenvalue weighted by atomic mass is 9.98. The van der Waals surface area contributed by atoms with Gasteiger partial charge in [-0.15, -0.1) is 0 Å². The standard InChI is InChI=1S/C10H14N3O6P/c1-10-4-8(13-3-2-7(11)12-9(13)14)18-6(10)5-17-20(15,16)19-10/h2-3,6,8H,4-5H2,1H3,(H,15,16)(H2,11,12,14)/t6-,8-,10+/m1/s1. The minimum atomic E-state index is -4.06. The summed E-state index contributed by atoms with van der Waals surface area (Å²) in [5.41, 5.74) is 3.88. The van der Waals surface area contributed by atoms with Gasteiger partial charge < -0.3 is 15.4 Å². The lowest BCUT2D eigenvalue weighted by Gasteiger charge is -2.35. The highest BCUT2D eigenvalue weighted by molar-refractivity contribution is 7.47. The summed E-state index contributed by atoms with van der Waals surface area (Å²) in [7, 11) is -4.06. The second-order valence-electron chi connectivity index (χ2n) is 4.99. The van der Waals surface area contributed by atoms with Gasteiger partial charge in [0.1, 0.15) is 23.8 Å². The first-order valence-corrected chi connectivity index (χ1v) is 7.47. The van der Waals surface area contributed by atoms with Crippen LogP contribution in [-0.4, -0.2) is 32.8 Å². The van der Waals surface area contributed by atoms with Crippen molar-refractivity contribution >= 4 is 13.6 Å². The Balaban J connectivity index is 1.89. The van der Waals surface area contributed by atoms with Crippen LogP contribution in [0.5, 0.6) is 0 Å². The Labute approximate surface area is 113 Å². The first-order valence-electron chi connectivity index (χ1n) is 5.97. The van der Waals surface area contributed by atoms with E-state index in [0.717, 1.165) is 0 Å². The number of anilines is 1. The Bertz CT molecular complexity index is 648. The smallest absolute Gasteiger partial charge is 0.383 e. The third kappa shape index (κ3) is 2.27. The van der Waals surface area contributed by atoms with Gasteiger partial charge in [-0.3, -0.25) is 13.6 Å². The van der Waals surface area contributed by atoms with Crippen LogP contribution in [-0.2, 0) is 18.3 Å². The van der Waals surface area contributed by atoms with E-state index in [9.17, 15) is 14.3 Å². The predicted molar refractivity (Wildman–Crippen MR) is 66.7 cm³/mol. The highest BCUT2D eigenvalue weighted by Gasteiger charge is 2.54. The number of hydrogen-bond donors (Lipinski definition) is 2. The Kier molecular flexibility index (Phi) is 3.00. The third-order valence-electron chi connectivity index (χ3n) is 3.46. The molecule has 2 aliphatic rings. The summed E-state index contributed by atoms with van der Waals surface area (Å²) in [4.78, 5) is 24.8. The average molecular weight is 303 g/mol. The molecule has 0 spiro atoms. The largest absolute Gasteiger partial charge is 0.472 e. The monoisotopic (exact) mass is 303 g/mol. The van der Waals surface area contributed by atoms with E-state index < -0.39 is 31.4 Å². The molecule has 1 aromatic heterocycles. The summed E-state index contributed by atoms with van der Waals surface area (Å²) in [5, 5.41) is 0. The lowest BCUT2D eigenvalue weighted by Crippen LogP contribution is -2.43. The van der Waals surface area contributed by atoms with Gasteiger partial charge in [0.25, 0.3) is 0 Å². The minimum absolute atomic E-state index is 0.0715. The summed E-state index contributed by atoms with van der Waals surface area (Å²) in [6.07, 6.45) is 0.519. The molecule has 1 aromatic rings. The van der Waals surface area contributed by atoms with Crippen molar-refractivity contribution in [3.05, 3.63) is 22.7 Å². The van der Waals surface area contributed by atoms with Gasteiger partial charge in [-0.2, -0.15) is 4.98 Å². The van der Waals surface area contributed by atoms with Crippen LogP contribution in [0.25, 0.3) is 0 Å². The number of aromatic nitrogens is 2. The number of hydrogen-bond acceptors (Lipinski definition) is 7. The van der Waals surface area contributed by atoms with E-state index >= 15 is 0 Å². The van der Waals surface area contributed by atoms with E-state index in [1.165, 1.54) is 16.8 Å². The van der Waals surface area contributed by atoms with Gasteiger partial charge in [0.05, 0.1) is 6.61 Å². The number of rotatable bonds is 1. The van der Waals surface area contributed by atoms with Crippen molar-refractivity contribution in [1.82, 2.24) is 9.55 Å². The second kappa shape index (κ2) is 4.37. The Morgan fingerprint density at radius 1 is 1.65 bits per heavy atom. The van der Waals surface area contributed by atoms with Crippen molar-refractivity contribution < 1.29 is 23.2 Å². The molecule has 3 N–H and O–H groups in total. The van der Waals surface area contributed by atoms with E-state index in [-0.39, 0.29) is 18.8 Å². The molecule has 10 heteroatoms. The van der Waals surface area contributed by atoms with Crippen LogP contribution >= 0.6 is 7.82 Å². The molecule has 110 valence electrons. The molecule has 0 aliphatic carbocycles. The van der Waals surface area contributed by atoms with Gasteiger partial charge in [-0.1, -0.05) is 0 Å². The Hall–Kier alpha value is -1.25. The quantitative estimate of drug-likeness (QED) is 0.695. The Morgan fingerprint density at radius 2 is 2.40 bits per heavy atom. The van der Waals surface area contributed by atoms with Crippen molar-refractivity contribution in [2.75, 3.05) is 12.3 Å². The number of phosphoric ester groups is 1. The van der Waals surface area contributed by atoms with Crippen LogP contribution in [0.3, 0.4) is 0 Å². The van der Waals surface area contributed by atoms with Gasteiger partial charge in [0, 0.05) is 12.6 Å². The van der Waals surface area contributed by atoms with E-state index in [0.29, 0.717) is 0 Å². The van der Waals surface area contributed by atoms with Crippen LogP contribution in [0.1, 0.15) is 19.6 Å².